The summed E-state index contributed by atoms with van der Waals surface area (Å²) in [5.41, 5.74) is 3.86. The lowest BCUT2D eigenvalue weighted by Crippen LogP contribution is -2.19. The van der Waals surface area contributed by atoms with Gasteiger partial charge in [-0.15, -0.1) is 11.3 Å². The van der Waals surface area contributed by atoms with Crippen LogP contribution in [0, 0.1) is 6.92 Å². The zero-order chi connectivity index (χ0) is 20.5. The van der Waals surface area contributed by atoms with E-state index in [1.54, 1.807) is 25.1 Å². The second-order valence-electron chi connectivity index (χ2n) is 6.21. The van der Waals surface area contributed by atoms with Crippen molar-refractivity contribution in [3.63, 3.8) is 0 Å². The average molecular weight is 445 g/mol. The molecule has 0 atom stereocenters. The van der Waals surface area contributed by atoms with Crippen LogP contribution in [0.15, 0.2) is 58.4 Å². The molecule has 0 aliphatic heterocycles. The van der Waals surface area contributed by atoms with Crippen LogP contribution in [-0.4, -0.2) is 21.9 Å². The summed E-state index contributed by atoms with van der Waals surface area (Å²) in [6.45, 7) is 1.76. The number of amides is 1. The van der Waals surface area contributed by atoms with Crippen molar-refractivity contribution in [1.29, 1.82) is 0 Å². The first-order chi connectivity index (χ1) is 14.0. The Labute approximate surface area is 179 Å². The number of hydrogen-bond acceptors (Lipinski definition) is 4. The van der Waals surface area contributed by atoms with Gasteiger partial charge < -0.3 is 0 Å². The number of aryl methyl sites for hydroxylation is 1. The molecule has 0 aliphatic rings. The zero-order valence-corrected chi connectivity index (χ0v) is 17.4. The molecule has 0 aliphatic carbocycles. The van der Waals surface area contributed by atoms with E-state index in [4.69, 9.17) is 23.2 Å². The minimum atomic E-state index is -0.458. The van der Waals surface area contributed by atoms with Crippen LogP contribution >= 0.6 is 34.5 Å². The van der Waals surface area contributed by atoms with Gasteiger partial charge in [-0.05, 0) is 31.2 Å². The first kappa shape index (κ1) is 19.4. The van der Waals surface area contributed by atoms with Gasteiger partial charge in [0.1, 0.15) is 4.88 Å². The van der Waals surface area contributed by atoms with Gasteiger partial charge in [0, 0.05) is 20.8 Å². The van der Waals surface area contributed by atoms with Gasteiger partial charge in [0.2, 0.25) is 0 Å². The van der Waals surface area contributed by atoms with Crippen molar-refractivity contribution in [2.45, 2.75) is 6.92 Å². The van der Waals surface area contributed by atoms with E-state index in [0.29, 0.717) is 31.9 Å². The molecule has 9 heteroatoms. The van der Waals surface area contributed by atoms with Gasteiger partial charge in [-0.25, -0.2) is 10.1 Å². The number of H-pyrrole nitrogens is 1. The molecule has 0 saturated heterocycles. The van der Waals surface area contributed by atoms with Crippen LogP contribution in [0.1, 0.15) is 20.9 Å². The van der Waals surface area contributed by atoms with Crippen LogP contribution in [0.3, 0.4) is 0 Å². The van der Waals surface area contributed by atoms with Gasteiger partial charge >= 0.3 is 0 Å². The molecular formula is C20H14Cl2N4O2S. The summed E-state index contributed by atoms with van der Waals surface area (Å²) in [6, 6.07) is 14.4. The molecule has 2 aromatic heterocycles. The first-order valence-electron chi connectivity index (χ1n) is 8.53. The number of hydrogen-bond donors (Lipinski definition) is 2. The summed E-state index contributed by atoms with van der Waals surface area (Å²) >= 11 is 13.5. The smallest absolute Gasteiger partial charge is 0.283 e. The van der Waals surface area contributed by atoms with E-state index in [-0.39, 0.29) is 5.56 Å². The molecule has 6 nitrogen and oxygen atoms in total. The molecule has 0 bridgehead atoms. The number of carbonyl (C=O) groups is 1. The number of aromatic amines is 1. The highest BCUT2D eigenvalue weighted by atomic mass is 35.5. The Hall–Kier alpha value is -2.87. The number of fused-ring (bicyclic) bond motifs is 1. The number of nitrogens with zero attached hydrogens (tertiary/aromatic N) is 2. The third-order valence-corrected chi connectivity index (χ3v) is 6.18. The third kappa shape index (κ3) is 3.72. The molecule has 0 saturated carbocycles. The van der Waals surface area contributed by atoms with Crippen molar-refractivity contribution >= 4 is 56.7 Å². The van der Waals surface area contributed by atoms with E-state index in [9.17, 15) is 9.59 Å². The standard InChI is InChI=1S/C20H14Cl2N4O2S/c1-11-15(20(28)26(25-11)13-5-3-2-4-6-13)10-23-24-19(27)18-17(22)14-8-7-12(21)9-16(14)29-18/h2-10,25H,1H3,(H,24,27). The van der Waals surface area contributed by atoms with Gasteiger partial charge in [0.05, 0.1) is 22.5 Å². The van der Waals surface area contributed by atoms with Crippen LogP contribution in [-0.2, 0) is 0 Å². The first-order valence-corrected chi connectivity index (χ1v) is 10.1. The van der Waals surface area contributed by atoms with Crippen molar-refractivity contribution < 1.29 is 4.79 Å². The van der Waals surface area contributed by atoms with Gasteiger partial charge in [0.25, 0.3) is 11.5 Å². The Bertz CT molecular complexity index is 1310. The SMILES string of the molecule is Cc1[nH]n(-c2ccccc2)c(=O)c1C=NNC(=O)c1sc2cc(Cl)ccc2c1Cl. The predicted octanol–water partition coefficient (Wildman–Crippen LogP) is 4.76. The number of halogens is 2. The van der Waals surface area contributed by atoms with Gasteiger partial charge in [0.15, 0.2) is 0 Å². The number of hydrazone groups is 1. The molecule has 0 unspecified atom stereocenters. The molecule has 4 aromatic rings. The topological polar surface area (TPSA) is 79.2 Å². The number of aromatic nitrogens is 2. The number of carbonyl (C=O) groups excluding carboxylic acids is 1. The summed E-state index contributed by atoms with van der Waals surface area (Å²) in [5.74, 6) is -0.458. The maximum atomic E-state index is 12.6. The Morgan fingerprint density at radius 3 is 2.72 bits per heavy atom. The zero-order valence-electron chi connectivity index (χ0n) is 15.1. The lowest BCUT2D eigenvalue weighted by atomic mass is 10.2. The normalized spacial score (nSPS) is 11.4. The number of nitrogens with one attached hydrogen (secondary N) is 2. The monoisotopic (exact) mass is 444 g/mol. The van der Waals surface area contributed by atoms with E-state index in [2.05, 4.69) is 15.6 Å². The van der Waals surface area contributed by atoms with Gasteiger partial charge in [-0.2, -0.15) is 5.10 Å². The molecule has 4 rings (SSSR count). The van der Waals surface area contributed by atoms with Crippen LogP contribution in [0.4, 0.5) is 0 Å². The van der Waals surface area contributed by atoms with Crippen molar-refractivity contribution in [2.75, 3.05) is 0 Å². The Morgan fingerprint density at radius 1 is 1.21 bits per heavy atom. The highest BCUT2D eigenvalue weighted by Crippen LogP contribution is 2.36. The molecule has 2 N–H and O–H groups in total. The lowest BCUT2D eigenvalue weighted by Gasteiger charge is -1.99. The summed E-state index contributed by atoms with van der Waals surface area (Å²) in [4.78, 5) is 25.4. The Balaban J connectivity index is 1.57. The predicted molar refractivity (Wildman–Crippen MR) is 118 cm³/mol. The maximum absolute atomic E-state index is 12.6. The highest BCUT2D eigenvalue weighted by Gasteiger charge is 2.17. The van der Waals surface area contributed by atoms with Gasteiger partial charge in [-0.1, -0.05) is 47.5 Å². The number of thiophene rings is 1. The second kappa shape index (κ2) is 7.87. The van der Waals surface area contributed by atoms with Crippen LogP contribution in [0.25, 0.3) is 15.8 Å². The second-order valence-corrected chi connectivity index (χ2v) is 8.08. The van der Waals surface area contributed by atoms with Crippen LogP contribution in [0.2, 0.25) is 10.0 Å². The van der Waals surface area contributed by atoms with Crippen LogP contribution in [0.5, 0.6) is 0 Å². The number of benzene rings is 2. The maximum Gasteiger partial charge on any atom is 0.283 e. The molecular weight excluding hydrogens is 431 g/mol. The largest absolute Gasteiger partial charge is 0.295 e. The quantitative estimate of drug-likeness (QED) is 0.351. The third-order valence-electron chi connectivity index (χ3n) is 4.29. The molecule has 29 heavy (non-hydrogen) atoms. The number of para-hydroxylation sites is 1. The fourth-order valence-corrected chi connectivity index (χ4v) is 4.54. The van der Waals surface area contributed by atoms with E-state index in [1.165, 1.54) is 22.2 Å². The van der Waals surface area contributed by atoms with Crippen molar-refractivity contribution in [1.82, 2.24) is 15.2 Å². The lowest BCUT2D eigenvalue weighted by molar-refractivity contribution is 0.0959. The minimum Gasteiger partial charge on any atom is -0.295 e. The fraction of sp³-hybridized carbons (Fsp3) is 0.0500. The summed E-state index contributed by atoms with van der Waals surface area (Å²) in [6.07, 6.45) is 1.32. The molecule has 2 heterocycles. The molecule has 0 fully saturated rings. The molecule has 146 valence electrons. The van der Waals surface area contributed by atoms with Crippen LogP contribution < -0.4 is 11.0 Å². The summed E-state index contributed by atoms with van der Waals surface area (Å²) in [5, 5.41) is 8.61. The number of rotatable bonds is 4. The van der Waals surface area contributed by atoms with E-state index >= 15 is 0 Å². The fourth-order valence-electron chi connectivity index (χ4n) is 2.86. The summed E-state index contributed by atoms with van der Waals surface area (Å²) < 4.78 is 2.23. The van der Waals surface area contributed by atoms with E-state index in [1.807, 2.05) is 30.3 Å². The molecule has 0 radical (unpaired) electrons. The van der Waals surface area contributed by atoms with Gasteiger partial charge in [-0.3, -0.25) is 14.7 Å². The van der Waals surface area contributed by atoms with Crippen molar-refractivity contribution in [2.24, 2.45) is 5.10 Å². The summed E-state index contributed by atoms with van der Waals surface area (Å²) in [7, 11) is 0. The highest BCUT2D eigenvalue weighted by molar-refractivity contribution is 7.21. The molecule has 1 amide bonds. The minimum absolute atomic E-state index is 0.263. The molecule has 0 spiro atoms. The Morgan fingerprint density at radius 2 is 1.97 bits per heavy atom. The van der Waals surface area contributed by atoms with Crippen molar-refractivity contribution in [3.05, 3.63) is 85.1 Å². The van der Waals surface area contributed by atoms with E-state index < -0.39 is 5.91 Å². The van der Waals surface area contributed by atoms with Crippen molar-refractivity contribution in [3.8, 4) is 5.69 Å². The Kier molecular flexibility index (Phi) is 5.27. The average Bonchev–Trinajstić information content (AvgIpc) is 3.19. The van der Waals surface area contributed by atoms with E-state index in [0.717, 1.165) is 10.1 Å². The molecule has 2 aromatic carbocycles.